The summed E-state index contributed by atoms with van der Waals surface area (Å²) in [7, 11) is 0. The summed E-state index contributed by atoms with van der Waals surface area (Å²) in [5, 5.41) is 8.52. The van der Waals surface area contributed by atoms with Crippen molar-refractivity contribution in [3.63, 3.8) is 0 Å². The summed E-state index contributed by atoms with van der Waals surface area (Å²) >= 11 is 7.26. The highest BCUT2D eigenvalue weighted by Crippen LogP contribution is 2.29. The van der Waals surface area contributed by atoms with Crippen LogP contribution in [0.5, 0.6) is 5.75 Å². The lowest BCUT2D eigenvalue weighted by molar-refractivity contribution is -0.116. The molecule has 10 heteroatoms. The average molecular weight is 615 g/mol. The molecule has 0 aliphatic rings. The molecule has 0 spiro atoms. The summed E-state index contributed by atoms with van der Waals surface area (Å²) < 4.78 is 5.72. The van der Waals surface area contributed by atoms with Gasteiger partial charge in [0.2, 0.25) is 5.91 Å². The van der Waals surface area contributed by atoms with Crippen molar-refractivity contribution in [2.75, 3.05) is 17.2 Å². The monoisotopic (exact) mass is 614 g/mol. The molecule has 0 saturated heterocycles. The van der Waals surface area contributed by atoms with E-state index >= 15 is 0 Å². The molecule has 0 fully saturated rings. The van der Waals surface area contributed by atoms with Crippen LogP contribution < -0.4 is 20.7 Å². The van der Waals surface area contributed by atoms with Crippen LogP contribution in [0.15, 0.2) is 108 Å². The molecule has 3 N–H and O–H groups in total. The van der Waals surface area contributed by atoms with Gasteiger partial charge in [0.15, 0.2) is 0 Å². The third kappa shape index (κ3) is 9.19. The van der Waals surface area contributed by atoms with E-state index in [4.69, 9.17) is 16.3 Å². The number of anilines is 2. The number of amides is 3. The lowest BCUT2D eigenvalue weighted by atomic mass is 10.1. The number of nitrogens with one attached hydrogen (secondary N) is 3. The second-order valence-corrected chi connectivity index (χ2v) is 10.9. The Kier molecular flexibility index (Phi) is 11.4. The van der Waals surface area contributed by atoms with E-state index in [1.807, 2.05) is 38.1 Å². The van der Waals surface area contributed by atoms with Gasteiger partial charge in [0, 0.05) is 27.9 Å². The molecule has 0 bridgehead atoms. The normalized spacial score (nSPS) is 11.7. The zero-order valence-corrected chi connectivity index (χ0v) is 25.2. The predicted molar refractivity (Wildman–Crippen MR) is 172 cm³/mol. The lowest BCUT2D eigenvalue weighted by Crippen LogP contribution is -2.30. The maximum Gasteiger partial charge on any atom is 0.272 e. The zero-order chi connectivity index (χ0) is 30.6. The maximum atomic E-state index is 13.6. The van der Waals surface area contributed by atoms with Gasteiger partial charge in [0.05, 0.1) is 16.9 Å². The van der Waals surface area contributed by atoms with Crippen LogP contribution in [0.4, 0.5) is 11.5 Å². The van der Waals surface area contributed by atoms with Gasteiger partial charge >= 0.3 is 0 Å². The molecule has 0 saturated carbocycles. The van der Waals surface area contributed by atoms with Crippen molar-refractivity contribution in [1.82, 2.24) is 10.3 Å². The molecular weight excluding hydrogens is 584 g/mol. The number of benzene rings is 3. The number of rotatable bonds is 12. The molecule has 220 valence electrons. The van der Waals surface area contributed by atoms with E-state index in [0.29, 0.717) is 46.4 Å². The summed E-state index contributed by atoms with van der Waals surface area (Å²) in [6.07, 6.45) is 3.62. The summed E-state index contributed by atoms with van der Waals surface area (Å²) in [4.78, 5) is 44.4. The number of nitrogens with zero attached hydrogens (tertiary/aromatic N) is 1. The number of para-hydroxylation sites is 1. The summed E-state index contributed by atoms with van der Waals surface area (Å²) in [5.41, 5.74) is 1.59. The summed E-state index contributed by atoms with van der Waals surface area (Å²) in [6, 6.07) is 26.4. The molecule has 4 rings (SSSR count). The van der Waals surface area contributed by atoms with Crippen LogP contribution >= 0.6 is 23.4 Å². The number of carbonyl (C=O) groups is 3. The quantitative estimate of drug-likeness (QED) is 0.116. The number of thioether (sulfide) groups is 1. The Morgan fingerprint density at radius 1 is 0.930 bits per heavy atom. The standard InChI is InChI=1S/C33H31ClN4O4S/c1-3-29(33(41)38-30-18-17-24(34)21-35-30)43-26-15-10-14-25(20-26)36-32(40)27(37-31(39)22-11-6-5-7-12-22)19-23-13-8-9-16-28(23)42-4-2/h5-21,29H,3-4H2,1-2H3,(H,36,40)(H,37,39)(H,35,38,41)/b27-19+. The van der Waals surface area contributed by atoms with Crippen LogP contribution in [0.2, 0.25) is 5.02 Å². The van der Waals surface area contributed by atoms with Gasteiger partial charge in [-0.05, 0) is 68.0 Å². The van der Waals surface area contributed by atoms with Crippen LogP contribution in [-0.2, 0) is 9.59 Å². The number of hydrogen-bond acceptors (Lipinski definition) is 6. The van der Waals surface area contributed by atoms with Crippen LogP contribution in [0.1, 0.15) is 36.2 Å². The van der Waals surface area contributed by atoms with Crippen molar-refractivity contribution in [3.8, 4) is 5.75 Å². The molecule has 0 aliphatic heterocycles. The van der Waals surface area contributed by atoms with Crippen molar-refractivity contribution in [3.05, 3.63) is 119 Å². The Balaban J connectivity index is 1.53. The molecule has 1 heterocycles. The van der Waals surface area contributed by atoms with E-state index in [9.17, 15) is 14.4 Å². The third-order valence-electron chi connectivity index (χ3n) is 6.06. The Labute approximate surface area is 259 Å². The van der Waals surface area contributed by atoms with Gasteiger partial charge in [-0.25, -0.2) is 4.98 Å². The molecule has 0 radical (unpaired) electrons. The zero-order valence-electron chi connectivity index (χ0n) is 23.7. The number of carbonyl (C=O) groups excluding carboxylic acids is 3. The van der Waals surface area contributed by atoms with Crippen molar-refractivity contribution in [1.29, 1.82) is 0 Å². The number of halogens is 1. The molecule has 8 nitrogen and oxygen atoms in total. The van der Waals surface area contributed by atoms with E-state index in [1.165, 1.54) is 18.0 Å². The largest absolute Gasteiger partial charge is 0.493 e. The molecule has 3 amide bonds. The molecule has 1 atom stereocenters. The van der Waals surface area contributed by atoms with Gasteiger partial charge in [0.1, 0.15) is 17.3 Å². The van der Waals surface area contributed by atoms with Crippen molar-refractivity contribution >= 4 is 58.7 Å². The molecular formula is C33H31ClN4O4S. The second kappa shape index (κ2) is 15.6. The first-order valence-electron chi connectivity index (χ1n) is 13.7. The highest BCUT2D eigenvalue weighted by Gasteiger charge is 2.20. The SMILES string of the molecule is CCOc1ccccc1/C=C(/NC(=O)c1ccccc1)C(=O)Nc1cccc(SC(CC)C(=O)Nc2ccc(Cl)cn2)c1. The first-order chi connectivity index (χ1) is 20.9. The molecule has 0 aliphatic carbocycles. The Morgan fingerprint density at radius 3 is 2.42 bits per heavy atom. The number of hydrogen-bond donors (Lipinski definition) is 3. The molecule has 3 aromatic carbocycles. The van der Waals surface area contributed by atoms with Gasteiger partial charge in [0.25, 0.3) is 11.8 Å². The van der Waals surface area contributed by atoms with E-state index in [1.54, 1.807) is 72.8 Å². The van der Waals surface area contributed by atoms with Crippen molar-refractivity contribution in [2.45, 2.75) is 30.4 Å². The fourth-order valence-corrected chi connectivity index (χ4v) is 5.10. The van der Waals surface area contributed by atoms with Crippen molar-refractivity contribution in [2.24, 2.45) is 0 Å². The Morgan fingerprint density at radius 2 is 1.70 bits per heavy atom. The average Bonchev–Trinajstić information content (AvgIpc) is 3.02. The van der Waals surface area contributed by atoms with E-state index in [0.717, 1.165) is 4.90 Å². The van der Waals surface area contributed by atoms with Crippen molar-refractivity contribution < 1.29 is 19.1 Å². The van der Waals surface area contributed by atoms with Crippen LogP contribution in [-0.4, -0.2) is 34.6 Å². The Bertz CT molecular complexity index is 1600. The highest BCUT2D eigenvalue weighted by molar-refractivity contribution is 8.00. The topological polar surface area (TPSA) is 109 Å². The van der Waals surface area contributed by atoms with Gasteiger partial charge in [-0.2, -0.15) is 0 Å². The lowest BCUT2D eigenvalue weighted by Gasteiger charge is -2.16. The smallest absolute Gasteiger partial charge is 0.272 e. The fourth-order valence-electron chi connectivity index (χ4n) is 3.97. The molecule has 43 heavy (non-hydrogen) atoms. The summed E-state index contributed by atoms with van der Waals surface area (Å²) in [5.74, 6) is -0.139. The second-order valence-electron chi connectivity index (χ2n) is 9.20. The Hall–Kier alpha value is -4.60. The van der Waals surface area contributed by atoms with Gasteiger partial charge in [-0.15, -0.1) is 11.8 Å². The van der Waals surface area contributed by atoms with E-state index in [2.05, 4.69) is 20.9 Å². The highest BCUT2D eigenvalue weighted by atomic mass is 35.5. The first-order valence-corrected chi connectivity index (χ1v) is 14.9. The molecule has 1 unspecified atom stereocenters. The van der Waals surface area contributed by atoms with E-state index in [-0.39, 0.29) is 11.6 Å². The third-order valence-corrected chi connectivity index (χ3v) is 7.64. The predicted octanol–water partition coefficient (Wildman–Crippen LogP) is 7.05. The minimum Gasteiger partial charge on any atom is -0.493 e. The summed E-state index contributed by atoms with van der Waals surface area (Å²) in [6.45, 7) is 4.24. The van der Waals surface area contributed by atoms with Gasteiger partial charge < -0.3 is 20.7 Å². The molecule has 4 aromatic rings. The first kappa shape index (κ1) is 31.3. The molecule has 1 aromatic heterocycles. The van der Waals surface area contributed by atoms with Gasteiger partial charge in [-0.1, -0.05) is 61.0 Å². The maximum absolute atomic E-state index is 13.6. The minimum absolute atomic E-state index is 0.0420. The minimum atomic E-state index is -0.517. The van der Waals surface area contributed by atoms with Gasteiger partial charge in [-0.3, -0.25) is 14.4 Å². The fraction of sp³-hybridized carbons (Fsp3) is 0.152. The van der Waals surface area contributed by atoms with E-state index < -0.39 is 17.1 Å². The number of aromatic nitrogens is 1. The van der Waals surface area contributed by atoms with Crippen LogP contribution in [0, 0.1) is 0 Å². The number of ether oxygens (including phenoxy) is 1. The van der Waals surface area contributed by atoms with Crippen LogP contribution in [0.25, 0.3) is 6.08 Å². The van der Waals surface area contributed by atoms with Crippen LogP contribution in [0.3, 0.4) is 0 Å². The number of pyridine rings is 1.